The molecule has 1 aliphatic heterocycles. The fraction of sp³-hybridized carbons (Fsp3) is 0.875. The van der Waals surface area contributed by atoms with Gasteiger partial charge in [-0.3, -0.25) is 0 Å². The van der Waals surface area contributed by atoms with Gasteiger partial charge >= 0.3 is 0 Å². The normalized spacial score (nSPS) is 33.4. The predicted octanol–water partition coefficient (Wildman–Crippen LogP) is 2.85. The summed E-state index contributed by atoms with van der Waals surface area (Å²) in [5.74, 6) is 3.27. The van der Waals surface area contributed by atoms with Crippen LogP contribution in [0.2, 0.25) is 0 Å². The molecule has 3 rings (SSSR count). The molecule has 2 heterocycles. The number of hydrogen-bond donors (Lipinski definition) is 1. The molecule has 1 saturated heterocycles. The lowest BCUT2D eigenvalue weighted by atomic mass is 9.80. The van der Waals surface area contributed by atoms with Crippen molar-refractivity contribution in [1.82, 2.24) is 15.5 Å². The quantitative estimate of drug-likeness (QED) is 0.904. The Morgan fingerprint density at radius 1 is 1.14 bits per heavy atom. The van der Waals surface area contributed by atoms with Crippen LogP contribution in [0.3, 0.4) is 0 Å². The first-order chi connectivity index (χ1) is 10.3. The molecule has 2 unspecified atom stereocenters. The third-order valence-corrected chi connectivity index (χ3v) is 5.11. The summed E-state index contributed by atoms with van der Waals surface area (Å²) < 4.78 is 11.1. The summed E-state index contributed by atoms with van der Waals surface area (Å²) in [6.07, 6.45) is 6.31. The van der Waals surface area contributed by atoms with Crippen LogP contribution < -0.4 is 5.32 Å². The highest BCUT2D eigenvalue weighted by atomic mass is 16.5. The zero-order valence-corrected chi connectivity index (χ0v) is 13.2. The summed E-state index contributed by atoms with van der Waals surface area (Å²) in [7, 11) is 0. The molecule has 0 aromatic carbocycles. The number of likely N-dealkylation sites (N-methyl/N-ethyl adjacent to an activating group) is 1. The van der Waals surface area contributed by atoms with E-state index in [0.29, 0.717) is 18.6 Å². The largest absolute Gasteiger partial charge is 0.379 e. The fourth-order valence-corrected chi connectivity index (χ4v) is 3.65. The molecule has 2 aliphatic rings. The Bertz CT molecular complexity index is 440. The smallest absolute Gasteiger partial charge is 0.233 e. The lowest BCUT2D eigenvalue weighted by Crippen LogP contribution is -2.34. The van der Waals surface area contributed by atoms with Gasteiger partial charge in [0.25, 0.3) is 0 Å². The molecule has 118 valence electrons. The first kappa shape index (κ1) is 15.0. The molecule has 5 heteroatoms. The average Bonchev–Trinajstić information content (AvgIpc) is 3.16. The van der Waals surface area contributed by atoms with Crippen LogP contribution in [-0.2, 0) is 4.74 Å². The molecule has 0 spiro atoms. The molecule has 2 atom stereocenters. The van der Waals surface area contributed by atoms with E-state index in [1.165, 1.54) is 32.1 Å². The lowest BCUT2D eigenvalue weighted by molar-refractivity contribution is 0.185. The van der Waals surface area contributed by atoms with Crippen molar-refractivity contribution in [3.05, 3.63) is 11.7 Å². The van der Waals surface area contributed by atoms with Gasteiger partial charge in [-0.2, -0.15) is 4.98 Å². The molecule has 1 saturated carbocycles. The SMILES string of the molecule is CCNC1COCC1c1nc(C2CCC(CC)CC2)no1. The Labute approximate surface area is 126 Å². The summed E-state index contributed by atoms with van der Waals surface area (Å²) in [5, 5.41) is 7.70. The summed E-state index contributed by atoms with van der Waals surface area (Å²) >= 11 is 0. The molecule has 1 aliphatic carbocycles. The van der Waals surface area contributed by atoms with Crippen LogP contribution in [0.4, 0.5) is 0 Å². The molecule has 1 aromatic heterocycles. The van der Waals surface area contributed by atoms with Crippen molar-refractivity contribution in [3.63, 3.8) is 0 Å². The zero-order chi connectivity index (χ0) is 14.7. The predicted molar refractivity (Wildman–Crippen MR) is 80.3 cm³/mol. The first-order valence-corrected chi connectivity index (χ1v) is 8.46. The van der Waals surface area contributed by atoms with Crippen LogP contribution in [-0.4, -0.2) is 35.9 Å². The molecule has 1 aromatic rings. The second-order valence-corrected chi connectivity index (χ2v) is 6.42. The summed E-state index contributed by atoms with van der Waals surface area (Å²) in [6.45, 7) is 6.76. The molecular weight excluding hydrogens is 266 g/mol. The number of rotatable bonds is 5. The van der Waals surface area contributed by atoms with E-state index in [0.717, 1.165) is 30.8 Å². The van der Waals surface area contributed by atoms with Crippen molar-refractivity contribution < 1.29 is 9.26 Å². The van der Waals surface area contributed by atoms with Crippen molar-refractivity contribution in [2.75, 3.05) is 19.8 Å². The fourth-order valence-electron chi connectivity index (χ4n) is 3.65. The highest BCUT2D eigenvalue weighted by molar-refractivity contribution is 5.05. The van der Waals surface area contributed by atoms with E-state index in [-0.39, 0.29) is 5.92 Å². The van der Waals surface area contributed by atoms with Crippen LogP contribution in [0.5, 0.6) is 0 Å². The number of nitrogens with zero attached hydrogens (tertiary/aromatic N) is 2. The van der Waals surface area contributed by atoms with E-state index in [4.69, 9.17) is 14.2 Å². The third kappa shape index (κ3) is 3.29. The lowest BCUT2D eigenvalue weighted by Gasteiger charge is -2.25. The number of hydrogen-bond acceptors (Lipinski definition) is 5. The van der Waals surface area contributed by atoms with Crippen LogP contribution in [0.1, 0.15) is 69.5 Å². The second-order valence-electron chi connectivity index (χ2n) is 6.42. The molecule has 0 bridgehead atoms. The molecule has 21 heavy (non-hydrogen) atoms. The Hall–Kier alpha value is -0.940. The average molecular weight is 293 g/mol. The van der Waals surface area contributed by atoms with Crippen LogP contribution in [0, 0.1) is 5.92 Å². The van der Waals surface area contributed by atoms with E-state index in [1.807, 2.05) is 0 Å². The van der Waals surface area contributed by atoms with Gasteiger partial charge in [-0.1, -0.05) is 25.4 Å². The van der Waals surface area contributed by atoms with Crippen molar-refractivity contribution >= 4 is 0 Å². The van der Waals surface area contributed by atoms with E-state index >= 15 is 0 Å². The van der Waals surface area contributed by atoms with Crippen LogP contribution in [0.25, 0.3) is 0 Å². The van der Waals surface area contributed by atoms with E-state index in [1.54, 1.807) is 0 Å². The molecule has 0 radical (unpaired) electrons. The standard InChI is InChI=1S/C16H27N3O2/c1-3-11-5-7-12(8-6-11)15-18-16(21-19-15)13-9-20-10-14(13)17-4-2/h11-14,17H,3-10H2,1-2H3. The van der Waals surface area contributed by atoms with Gasteiger partial charge in [0, 0.05) is 12.0 Å². The van der Waals surface area contributed by atoms with Crippen molar-refractivity contribution in [3.8, 4) is 0 Å². The van der Waals surface area contributed by atoms with Gasteiger partial charge in [-0.15, -0.1) is 0 Å². The third-order valence-electron chi connectivity index (χ3n) is 5.11. The topological polar surface area (TPSA) is 60.2 Å². The monoisotopic (exact) mass is 293 g/mol. The van der Waals surface area contributed by atoms with Crippen LogP contribution >= 0.6 is 0 Å². The van der Waals surface area contributed by atoms with Gasteiger partial charge in [0.15, 0.2) is 5.82 Å². The Balaban J connectivity index is 1.63. The molecular formula is C16H27N3O2. The first-order valence-electron chi connectivity index (χ1n) is 8.46. The Kier molecular flexibility index (Phi) is 4.91. The minimum absolute atomic E-state index is 0.207. The van der Waals surface area contributed by atoms with Gasteiger partial charge < -0.3 is 14.6 Å². The maximum Gasteiger partial charge on any atom is 0.233 e. The van der Waals surface area contributed by atoms with Gasteiger partial charge in [-0.25, -0.2) is 0 Å². The van der Waals surface area contributed by atoms with Gasteiger partial charge in [0.2, 0.25) is 5.89 Å². The minimum atomic E-state index is 0.207. The highest BCUT2D eigenvalue weighted by Gasteiger charge is 2.34. The van der Waals surface area contributed by atoms with E-state index in [2.05, 4.69) is 24.3 Å². The molecule has 2 fully saturated rings. The van der Waals surface area contributed by atoms with Crippen molar-refractivity contribution in [2.24, 2.45) is 5.92 Å². The maximum absolute atomic E-state index is 5.57. The zero-order valence-electron chi connectivity index (χ0n) is 13.2. The maximum atomic E-state index is 5.57. The number of nitrogens with one attached hydrogen (secondary N) is 1. The van der Waals surface area contributed by atoms with Gasteiger partial charge in [-0.05, 0) is 38.1 Å². The highest BCUT2D eigenvalue weighted by Crippen LogP contribution is 2.36. The second kappa shape index (κ2) is 6.88. The number of aromatic nitrogens is 2. The number of ether oxygens (including phenoxy) is 1. The van der Waals surface area contributed by atoms with E-state index in [9.17, 15) is 0 Å². The summed E-state index contributed by atoms with van der Waals surface area (Å²) in [6, 6.07) is 0.305. The van der Waals surface area contributed by atoms with E-state index < -0.39 is 0 Å². The van der Waals surface area contributed by atoms with Crippen molar-refractivity contribution in [2.45, 2.75) is 63.8 Å². The van der Waals surface area contributed by atoms with Crippen LogP contribution in [0.15, 0.2) is 4.52 Å². The Morgan fingerprint density at radius 3 is 2.67 bits per heavy atom. The molecule has 0 amide bonds. The van der Waals surface area contributed by atoms with Crippen molar-refractivity contribution in [1.29, 1.82) is 0 Å². The molecule has 1 N–H and O–H groups in total. The van der Waals surface area contributed by atoms with Gasteiger partial charge in [0.1, 0.15) is 0 Å². The summed E-state index contributed by atoms with van der Waals surface area (Å²) in [5.41, 5.74) is 0. The Morgan fingerprint density at radius 2 is 1.95 bits per heavy atom. The molecule has 5 nitrogen and oxygen atoms in total. The van der Waals surface area contributed by atoms with Gasteiger partial charge in [0.05, 0.1) is 19.1 Å². The summed E-state index contributed by atoms with van der Waals surface area (Å²) in [4.78, 5) is 4.70. The minimum Gasteiger partial charge on any atom is -0.379 e.